The Labute approximate surface area is 127 Å². The lowest BCUT2D eigenvalue weighted by atomic mass is 10.2. The third-order valence-corrected chi connectivity index (χ3v) is 5.00. The summed E-state index contributed by atoms with van der Waals surface area (Å²) in [7, 11) is -3.54. The van der Waals surface area contributed by atoms with Crippen molar-refractivity contribution in [2.45, 2.75) is 39.2 Å². The second kappa shape index (κ2) is 7.77. The van der Waals surface area contributed by atoms with E-state index in [4.69, 9.17) is 4.74 Å². The van der Waals surface area contributed by atoms with Gasteiger partial charge in [-0.05, 0) is 31.0 Å². The lowest BCUT2D eigenvalue weighted by Crippen LogP contribution is -2.34. The lowest BCUT2D eigenvalue weighted by Gasteiger charge is -2.23. The molecule has 120 valence electrons. The molecule has 1 rings (SSSR count). The number of aliphatic hydroxyl groups is 1. The second-order valence-electron chi connectivity index (χ2n) is 5.21. The number of benzene rings is 1. The summed E-state index contributed by atoms with van der Waals surface area (Å²) in [5.74, 6) is 0.769. The van der Waals surface area contributed by atoms with E-state index in [0.29, 0.717) is 31.0 Å². The minimum absolute atomic E-state index is 0.192. The SMILES string of the molecule is CCOc1ccc(S(=O)(=O)N(CC)CC(C)C)cc1CO. The van der Waals surface area contributed by atoms with Gasteiger partial charge in [-0.15, -0.1) is 0 Å². The molecule has 0 aliphatic heterocycles. The normalized spacial score (nSPS) is 12.1. The summed E-state index contributed by atoms with van der Waals surface area (Å²) in [5.41, 5.74) is 0.485. The van der Waals surface area contributed by atoms with Crippen molar-refractivity contribution >= 4 is 10.0 Å². The van der Waals surface area contributed by atoms with Gasteiger partial charge < -0.3 is 9.84 Å². The zero-order chi connectivity index (χ0) is 16.0. The van der Waals surface area contributed by atoms with Crippen LogP contribution in [0.15, 0.2) is 23.1 Å². The van der Waals surface area contributed by atoms with Gasteiger partial charge in [0.25, 0.3) is 0 Å². The molecular formula is C15H25NO4S. The van der Waals surface area contributed by atoms with Crippen LogP contribution < -0.4 is 4.74 Å². The van der Waals surface area contributed by atoms with Crippen LogP contribution in [0.3, 0.4) is 0 Å². The maximum absolute atomic E-state index is 12.6. The zero-order valence-electron chi connectivity index (χ0n) is 13.2. The molecule has 1 aromatic rings. The minimum Gasteiger partial charge on any atom is -0.494 e. The molecule has 0 aliphatic rings. The monoisotopic (exact) mass is 315 g/mol. The summed E-state index contributed by atoms with van der Waals surface area (Å²) >= 11 is 0. The maximum Gasteiger partial charge on any atom is 0.243 e. The molecule has 5 nitrogen and oxygen atoms in total. The lowest BCUT2D eigenvalue weighted by molar-refractivity contribution is 0.266. The van der Waals surface area contributed by atoms with Crippen LogP contribution in [-0.4, -0.2) is 37.5 Å². The summed E-state index contributed by atoms with van der Waals surface area (Å²) in [6.45, 7) is 8.73. The van der Waals surface area contributed by atoms with Gasteiger partial charge in [-0.25, -0.2) is 8.42 Å². The van der Waals surface area contributed by atoms with Crippen molar-refractivity contribution in [3.05, 3.63) is 23.8 Å². The molecule has 0 spiro atoms. The quantitative estimate of drug-likeness (QED) is 0.799. The summed E-state index contributed by atoms with van der Waals surface area (Å²) in [6, 6.07) is 4.62. The van der Waals surface area contributed by atoms with E-state index >= 15 is 0 Å². The fourth-order valence-electron chi connectivity index (χ4n) is 2.09. The molecule has 0 aromatic heterocycles. The Morgan fingerprint density at radius 1 is 1.29 bits per heavy atom. The van der Waals surface area contributed by atoms with E-state index < -0.39 is 10.0 Å². The number of aliphatic hydroxyl groups excluding tert-OH is 1. The smallest absolute Gasteiger partial charge is 0.243 e. The predicted molar refractivity (Wildman–Crippen MR) is 82.8 cm³/mol. The molecular weight excluding hydrogens is 290 g/mol. The molecule has 0 aliphatic carbocycles. The first-order valence-corrected chi connectivity index (χ1v) is 8.67. The summed E-state index contributed by atoms with van der Waals surface area (Å²) in [4.78, 5) is 0.192. The van der Waals surface area contributed by atoms with Crippen molar-refractivity contribution in [3.8, 4) is 5.75 Å². The number of nitrogens with zero attached hydrogens (tertiary/aromatic N) is 1. The fraction of sp³-hybridized carbons (Fsp3) is 0.600. The Kier molecular flexibility index (Phi) is 6.64. The average molecular weight is 315 g/mol. The van der Waals surface area contributed by atoms with E-state index in [1.54, 1.807) is 6.07 Å². The Hall–Kier alpha value is -1.11. The van der Waals surface area contributed by atoms with Crippen molar-refractivity contribution in [2.75, 3.05) is 19.7 Å². The van der Waals surface area contributed by atoms with Crippen LogP contribution in [0.2, 0.25) is 0 Å². The van der Waals surface area contributed by atoms with Gasteiger partial charge in [-0.1, -0.05) is 20.8 Å². The molecule has 0 unspecified atom stereocenters. The number of ether oxygens (including phenoxy) is 1. The van der Waals surface area contributed by atoms with Crippen LogP contribution in [0.1, 0.15) is 33.3 Å². The Bertz CT molecular complexity index is 555. The highest BCUT2D eigenvalue weighted by Crippen LogP contribution is 2.25. The largest absolute Gasteiger partial charge is 0.494 e. The molecule has 6 heteroatoms. The standard InChI is InChI=1S/C15H25NO4S/c1-5-16(10-12(3)4)21(18,19)14-7-8-15(20-6-2)13(9-14)11-17/h7-9,12,17H,5-6,10-11H2,1-4H3. The molecule has 0 saturated heterocycles. The van der Waals surface area contributed by atoms with E-state index in [-0.39, 0.29) is 17.4 Å². The van der Waals surface area contributed by atoms with Gasteiger partial charge in [0.2, 0.25) is 10.0 Å². The van der Waals surface area contributed by atoms with Crippen molar-refractivity contribution in [2.24, 2.45) is 5.92 Å². The predicted octanol–water partition coefficient (Wildman–Crippen LogP) is 2.24. The van der Waals surface area contributed by atoms with Crippen LogP contribution in [0.4, 0.5) is 0 Å². The number of hydrogen-bond donors (Lipinski definition) is 1. The van der Waals surface area contributed by atoms with E-state index in [9.17, 15) is 13.5 Å². The van der Waals surface area contributed by atoms with Gasteiger partial charge in [0.1, 0.15) is 5.75 Å². The van der Waals surface area contributed by atoms with Crippen LogP contribution in [-0.2, 0) is 16.6 Å². The number of hydrogen-bond acceptors (Lipinski definition) is 4. The Morgan fingerprint density at radius 2 is 1.95 bits per heavy atom. The third kappa shape index (κ3) is 4.43. The highest BCUT2D eigenvalue weighted by atomic mass is 32.2. The fourth-order valence-corrected chi connectivity index (χ4v) is 3.75. The molecule has 1 N–H and O–H groups in total. The topological polar surface area (TPSA) is 66.8 Å². The Morgan fingerprint density at radius 3 is 2.43 bits per heavy atom. The summed E-state index contributed by atoms with van der Waals surface area (Å²) < 4.78 is 32.1. The highest BCUT2D eigenvalue weighted by molar-refractivity contribution is 7.89. The van der Waals surface area contributed by atoms with Crippen molar-refractivity contribution in [1.29, 1.82) is 0 Å². The first-order chi connectivity index (χ1) is 9.86. The minimum atomic E-state index is -3.54. The van der Waals surface area contributed by atoms with E-state index in [1.807, 2.05) is 27.7 Å². The summed E-state index contributed by atoms with van der Waals surface area (Å²) in [6.07, 6.45) is 0. The number of sulfonamides is 1. The van der Waals surface area contributed by atoms with E-state index in [0.717, 1.165) is 0 Å². The third-order valence-electron chi connectivity index (χ3n) is 3.06. The van der Waals surface area contributed by atoms with Crippen LogP contribution in [0.25, 0.3) is 0 Å². The van der Waals surface area contributed by atoms with Crippen molar-refractivity contribution in [1.82, 2.24) is 4.31 Å². The average Bonchev–Trinajstić information content (AvgIpc) is 2.44. The van der Waals surface area contributed by atoms with Crippen LogP contribution >= 0.6 is 0 Å². The van der Waals surface area contributed by atoms with Crippen molar-refractivity contribution < 1.29 is 18.3 Å². The molecule has 0 heterocycles. The van der Waals surface area contributed by atoms with Gasteiger partial charge in [0.05, 0.1) is 18.1 Å². The first kappa shape index (κ1) is 17.9. The van der Waals surface area contributed by atoms with Gasteiger partial charge in [0, 0.05) is 18.7 Å². The Balaban J connectivity index is 3.18. The molecule has 0 saturated carbocycles. The number of rotatable bonds is 8. The van der Waals surface area contributed by atoms with Gasteiger partial charge in [-0.2, -0.15) is 4.31 Å². The molecule has 0 bridgehead atoms. The molecule has 0 amide bonds. The van der Waals surface area contributed by atoms with Gasteiger partial charge in [0.15, 0.2) is 0 Å². The van der Waals surface area contributed by atoms with Crippen molar-refractivity contribution in [3.63, 3.8) is 0 Å². The molecule has 0 radical (unpaired) electrons. The molecule has 0 atom stereocenters. The van der Waals surface area contributed by atoms with Crippen LogP contribution in [0.5, 0.6) is 5.75 Å². The summed E-state index contributed by atoms with van der Waals surface area (Å²) in [5, 5.41) is 9.39. The van der Waals surface area contributed by atoms with Gasteiger partial charge in [-0.3, -0.25) is 0 Å². The van der Waals surface area contributed by atoms with Crippen LogP contribution in [0, 0.1) is 5.92 Å². The second-order valence-corrected chi connectivity index (χ2v) is 7.15. The van der Waals surface area contributed by atoms with E-state index in [1.165, 1.54) is 16.4 Å². The van der Waals surface area contributed by atoms with Gasteiger partial charge >= 0.3 is 0 Å². The molecule has 0 fully saturated rings. The molecule has 1 aromatic carbocycles. The maximum atomic E-state index is 12.6. The zero-order valence-corrected chi connectivity index (χ0v) is 14.0. The first-order valence-electron chi connectivity index (χ1n) is 7.23. The molecule has 21 heavy (non-hydrogen) atoms. The van der Waals surface area contributed by atoms with E-state index in [2.05, 4.69) is 0 Å². The highest BCUT2D eigenvalue weighted by Gasteiger charge is 2.24.